The fourth-order valence-electron chi connectivity index (χ4n) is 2.63. The van der Waals surface area contributed by atoms with Crippen molar-refractivity contribution >= 4 is 16.9 Å². The highest BCUT2D eigenvalue weighted by atomic mass is 15.2. The number of aromatic nitrogens is 3. The van der Waals surface area contributed by atoms with Crippen molar-refractivity contribution in [1.29, 1.82) is 0 Å². The molecular formula is C17H14N4. The number of nitrogens with zero attached hydrogens (tertiary/aromatic N) is 4. The molecule has 0 saturated carbocycles. The minimum absolute atomic E-state index is 0.742. The maximum absolute atomic E-state index is 4.77. The molecule has 0 radical (unpaired) electrons. The third-order valence-corrected chi connectivity index (χ3v) is 3.67. The van der Waals surface area contributed by atoms with E-state index < -0.39 is 0 Å². The Morgan fingerprint density at radius 3 is 2.62 bits per heavy atom. The van der Waals surface area contributed by atoms with Gasteiger partial charge in [-0.15, -0.1) is 0 Å². The summed E-state index contributed by atoms with van der Waals surface area (Å²) in [5, 5.41) is 0.965. The Morgan fingerprint density at radius 2 is 1.81 bits per heavy atom. The van der Waals surface area contributed by atoms with E-state index in [1.165, 1.54) is 0 Å². The first-order valence-corrected chi connectivity index (χ1v) is 6.98. The van der Waals surface area contributed by atoms with Crippen molar-refractivity contribution < 1.29 is 0 Å². The van der Waals surface area contributed by atoms with Crippen molar-refractivity contribution in [2.45, 2.75) is 0 Å². The molecule has 0 bridgehead atoms. The molecular weight excluding hydrogens is 260 g/mol. The van der Waals surface area contributed by atoms with E-state index in [9.17, 15) is 0 Å². The standard InChI is InChI=1S/C17H14N4/c1-2-6-13(7-3-1)15-10-14-11-18-12-19-16(14)20-17(15)21-8-4-5-9-21/h1-7,10-12H,8-9H2. The van der Waals surface area contributed by atoms with Gasteiger partial charge in [0.25, 0.3) is 0 Å². The second kappa shape index (κ2) is 4.98. The minimum atomic E-state index is 0.742. The molecule has 4 heteroatoms. The van der Waals surface area contributed by atoms with E-state index in [4.69, 9.17) is 4.98 Å². The summed E-state index contributed by atoms with van der Waals surface area (Å²) in [6.45, 7) is 1.78. The highest BCUT2D eigenvalue weighted by Gasteiger charge is 2.16. The average molecular weight is 274 g/mol. The molecule has 3 aromatic rings. The largest absolute Gasteiger partial charge is 0.349 e. The fraction of sp³-hybridized carbons (Fsp3) is 0.118. The lowest BCUT2D eigenvalue weighted by Gasteiger charge is -2.20. The van der Waals surface area contributed by atoms with E-state index >= 15 is 0 Å². The van der Waals surface area contributed by atoms with Crippen molar-refractivity contribution in [2.75, 3.05) is 18.0 Å². The monoisotopic (exact) mass is 274 g/mol. The second-order valence-electron chi connectivity index (χ2n) is 5.04. The first-order valence-electron chi connectivity index (χ1n) is 6.98. The van der Waals surface area contributed by atoms with Gasteiger partial charge in [-0.25, -0.2) is 15.0 Å². The van der Waals surface area contributed by atoms with Crippen LogP contribution in [-0.2, 0) is 0 Å². The molecule has 0 amide bonds. The maximum Gasteiger partial charge on any atom is 0.164 e. The van der Waals surface area contributed by atoms with Gasteiger partial charge in [0.05, 0.1) is 0 Å². The molecule has 3 heterocycles. The van der Waals surface area contributed by atoms with Crippen LogP contribution in [0.5, 0.6) is 0 Å². The van der Waals surface area contributed by atoms with Gasteiger partial charge in [-0.2, -0.15) is 0 Å². The summed E-state index contributed by atoms with van der Waals surface area (Å²) in [5.41, 5.74) is 3.03. The highest BCUT2D eigenvalue weighted by molar-refractivity contribution is 5.87. The first-order chi connectivity index (χ1) is 10.4. The van der Waals surface area contributed by atoms with Gasteiger partial charge in [-0.05, 0) is 11.6 Å². The van der Waals surface area contributed by atoms with Crippen LogP contribution in [-0.4, -0.2) is 28.0 Å². The zero-order chi connectivity index (χ0) is 14.1. The predicted octanol–water partition coefficient (Wildman–Crippen LogP) is 3.07. The third kappa shape index (κ3) is 2.14. The number of anilines is 1. The molecule has 21 heavy (non-hydrogen) atoms. The molecule has 4 rings (SSSR count). The van der Waals surface area contributed by atoms with Gasteiger partial charge in [0.1, 0.15) is 12.1 Å². The van der Waals surface area contributed by atoms with Crippen LogP contribution in [0.2, 0.25) is 0 Å². The SMILES string of the molecule is C1=CCN(c2nc3ncncc3cc2-c2ccccc2)C1. The summed E-state index contributed by atoms with van der Waals surface area (Å²) >= 11 is 0. The minimum Gasteiger partial charge on any atom is -0.349 e. The van der Waals surface area contributed by atoms with E-state index in [0.29, 0.717) is 0 Å². The Balaban J connectivity index is 1.95. The van der Waals surface area contributed by atoms with Crippen LogP contribution in [0.15, 0.2) is 61.1 Å². The number of hydrogen-bond acceptors (Lipinski definition) is 4. The smallest absolute Gasteiger partial charge is 0.164 e. The fourth-order valence-corrected chi connectivity index (χ4v) is 2.63. The molecule has 1 aromatic carbocycles. The predicted molar refractivity (Wildman–Crippen MR) is 84.1 cm³/mol. The molecule has 102 valence electrons. The van der Waals surface area contributed by atoms with E-state index in [0.717, 1.165) is 41.1 Å². The highest BCUT2D eigenvalue weighted by Crippen LogP contribution is 2.32. The van der Waals surface area contributed by atoms with E-state index in [-0.39, 0.29) is 0 Å². The molecule has 2 aromatic heterocycles. The molecule has 1 aliphatic rings. The first kappa shape index (κ1) is 12.0. The Hall–Kier alpha value is -2.75. The Kier molecular flexibility index (Phi) is 2.85. The van der Waals surface area contributed by atoms with Crippen molar-refractivity contribution in [1.82, 2.24) is 15.0 Å². The zero-order valence-electron chi connectivity index (χ0n) is 11.5. The van der Waals surface area contributed by atoms with Crippen LogP contribution >= 0.6 is 0 Å². The van der Waals surface area contributed by atoms with Crippen molar-refractivity contribution in [3.8, 4) is 11.1 Å². The van der Waals surface area contributed by atoms with Crippen LogP contribution in [0.25, 0.3) is 22.2 Å². The molecule has 0 spiro atoms. The number of hydrogen-bond donors (Lipinski definition) is 0. The Bertz CT molecular complexity index is 803. The van der Waals surface area contributed by atoms with Gasteiger partial charge >= 0.3 is 0 Å². The topological polar surface area (TPSA) is 41.9 Å². The number of pyridine rings is 1. The number of rotatable bonds is 2. The van der Waals surface area contributed by atoms with Gasteiger partial charge in [-0.1, -0.05) is 42.5 Å². The van der Waals surface area contributed by atoms with E-state index in [1.807, 2.05) is 24.4 Å². The molecule has 0 atom stereocenters. The summed E-state index contributed by atoms with van der Waals surface area (Å²) in [7, 11) is 0. The summed E-state index contributed by atoms with van der Waals surface area (Å²) in [4.78, 5) is 15.4. The Labute approximate surface area is 122 Å². The number of fused-ring (bicyclic) bond motifs is 1. The lowest BCUT2D eigenvalue weighted by atomic mass is 10.0. The normalized spacial score (nSPS) is 14.0. The van der Waals surface area contributed by atoms with Crippen molar-refractivity contribution in [3.05, 3.63) is 61.1 Å². The molecule has 0 saturated heterocycles. The molecule has 0 aliphatic carbocycles. The van der Waals surface area contributed by atoms with Gasteiger partial charge in [-0.3, -0.25) is 0 Å². The average Bonchev–Trinajstić information content (AvgIpc) is 3.09. The summed E-state index contributed by atoms with van der Waals surface area (Å²) in [5.74, 6) is 0.984. The molecule has 0 unspecified atom stereocenters. The molecule has 1 aliphatic heterocycles. The summed E-state index contributed by atoms with van der Waals surface area (Å²) in [6, 6.07) is 12.5. The summed E-state index contributed by atoms with van der Waals surface area (Å²) < 4.78 is 0. The van der Waals surface area contributed by atoms with E-state index in [1.54, 1.807) is 6.33 Å². The lowest BCUT2D eigenvalue weighted by molar-refractivity contribution is 0.974. The van der Waals surface area contributed by atoms with Crippen LogP contribution in [0.1, 0.15) is 0 Å². The Morgan fingerprint density at radius 1 is 1.00 bits per heavy atom. The molecule has 4 nitrogen and oxygen atoms in total. The van der Waals surface area contributed by atoms with Crippen molar-refractivity contribution in [2.24, 2.45) is 0 Å². The van der Waals surface area contributed by atoms with E-state index in [2.05, 4.69) is 45.2 Å². The van der Waals surface area contributed by atoms with Crippen LogP contribution < -0.4 is 4.90 Å². The van der Waals surface area contributed by atoms with Crippen LogP contribution in [0.3, 0.4) is 0 Å². The molecule has 0 fully saturated rings. The van der Waals surface area contributed by atoms with Crippen LogP contribution in [0, 0.1) is 0 Å². The maximum atomic E-state index is 4.77. The quantitative estimate of drug-likeness (QED) is 0.673. The van der Waals surface area contributed by atoms with Gasteiger partial charge in [0.15, 0.2) is 5.65 Å². The summed E-state index contributed by atoms with van der Waals surface area (Å²) in [6.07, 6.45) is 7.69. The zero-order valence-corrected chi connectivity index (χ0v) is 11.5. The second-order valence-corrected chi connectivity index (χ2v) is 5.04. The molecule has 0 N–H and O–H groups in total. The van der Waals surface area contributed by atoms with Crippen LogP contribution in [0.4, 0.5) is 5.82 Å². The van der Waals surface area contributed by atoms with Gasteiger partial charge in [0.2, 0.25) is 0 Å². The van der Waals surface area contributed by atoms with Gasteiger partial charge in [0, 0.05) is 30.2 Å². The number of benzene rings is 1. The van der Waals surface area contributed by atoms with Gasteiger partial charge < -0.3 is 4.90 Å². The lowest BCUT2D eigenvalue weighted by Crippen LogP contribution is -2.20. The van der Waals surface area contributed by atoms with Crippen molar-refractivity contribution in [3.63, 3.8) is 0 Å². The third-order valence-electron chi connectivity index (χ3n) is 3.67.